The van der Waals surface area contributed by atoms with Crippen LogP contribution in [0.5, 0.6) is 5.75 Å². The first kappa shape index (κ1) is 21.3. The molecule has 0 heterocycles. The summed E-state index contributed by atoms with van der Waals surface area (Å²) in [5.74, 6) is 0.100. The van der Waals surface area contributed by atoms with Crippen molar-refractivity contribution in [2.45, 2.75) is 6.92 Å². The van der Waals surface area contributed by atoms with Crippen molar-refractivity contribution >= 4 is 46.7 Å². The molecule has 0 aliphatic heterocycles. The van der Waals surface area contributed by atoms with Crippen molar-refractivity contribution in [3.05, 3.63) is 93.5 Å². The second kappa shape index (κ2) is 8.54. The maximum Gasteiger partial charge on any atom is 0.253 e. The maximum atomic E-state index is 14.4. The van der Waals surface area contributed by atoms with Gasteiger partial charge in [-0.1, -0.05) is 71.7 Å². The van der Waals surface area contributed by atoms with Crippen molar-refractivity contribution < 1.29 is 18.9 Å². The molecule has 0 bridgehead atoms. The average molecular weight is 447 g/mol. The highest BCUT2D eigenvalue weighted by Crippen LogP contribution is 2.55. The molecule has 0 radical (unpaired) electrons. The summed E-state index contributed by atoms with van der Waals surface area (Å²) in [6, 6.07) is 17.4. The Labute approximate surface area is 178 Å². The van der Waals surface area contributed by atoms with Gasteiger partial charge in [0.1, 0.15) is 5.75 Å². The number of rotatable bonds is 6. The number of carbonyl (C=O) groups excluding carboxylic acids is 2. The SMILES string of the molecule is COc1cccc(Cl)c1P(=O)(C(=O)c1ccccc1)C(=O)c1c(C)cccc1Cl. The minimum absolute atomic E-state index is 0.00928. The Hall–Kier alpha value is -2.39. The van der Waals surface area contributed by atoms with E-state index in [4.69, 9.17) is 27.9 Å². The molecule has 0 N–H and O–H groups in total. The largest absolute Gasteiger partial charge is 0.496 e. The van der Waals surface area contributed by atoms with Crippen molar-refractivity contribution in [3.63, 3.8) is 0 Å². The van der Waals surface area contributed by atoms with Crippen molar-refractivity contribution in [2.24, 2.45) is 0 Å². The third kappa shape index (κ3) is 3.76. The van der Waals surface area contributed by atoms with E-state index in [0.29, 0.717) is 5.56 Å². The van der Waals surface area contributed by atoms with E-state index in [0.717, 1.165) is 0 Å². The topological polar surface area (TPSA) is 60.4 Å². The van der Waals surface area contributed by atoms with E-state index in [1.165, 1.54) is 37.4 Å². The molecule has 0 aliphatic carbocycles. The van der Waals surface area contributed by atoms with Crippen molar-refractivity contribution in [1.82, 2.24) is 0 Å². The second-order valence-electron chi connectivity index (χ2n) is 6.31. The third-order valence-corrected chi connectivity index (χ3v) is 7.99. The molecule has 0 saturated carbocycles. The van der Waals surface area contributed by atoms with E-state index in [1.54, 1.807) is 43.3 Å². The quantitative estimate of drug-likeness (QED) is 0.437. The third-order valence-electron chi connectivity index (χ3n) is 4.51. The van der Waals surface area contributed by atoms with Gasteiger partial charge in [-0.3, -0.25) is 9.59 Å². The molecule has 7 heteroatoms. The summed E-state index contributed by atoms with van der Waals surface area (Å²) in [7, 11) is -3.10. The Morgan fingerprint density at radius 1 is 0.828 bits per heavy atom. The van der Waals surface area contributed by atoms with E-state index in [2.05, 4.69) is 0 Å². The zero-order valence-electron chi connectivity index (χ0n) is 15.7. The molecular weight excluding hydrogens is 430 g/mol. The van der Waals surface area contributed by atoms with Crippen molar-refractivity contribution in [2.75, 3.05) is 7.11 Å². The minimum Gasteiger partial charge on any atom is -0.496 e. The van der Waals surface area contributed by atoms with Crippen molar-refractivity contribution in [3.8, 4) is 5.75 Å². The van der Waals surface area contributed by atoms with Crippen LogP contribution in [0.25, 0.3) is 0 Å². The summed E-state index contributed by atoms with van der Waals surface area (Å²) in [6.07, 6.45) is 0. The highest BCUT2D eigenvalue weighted by atomic mass is 35.5. The highest BCUT2D eigenvalue weighted by Gasteiger charge is 2.47. The number of hydrogen-bond acceptors (Lipinski definition) is 4. The van der Waals surface area contributed by atoms with Crippen molar-refractivity contribution in [1.29, 1.82) is 0 Å². The van der Waals surface area contributed by atoms with Gasteiger partial charge in [0.15, 0.2) is 0 Å². The molecule has 3 rings (SSSR count). The zero-order chi connectivity index (χ0) is 21.2. The van der Waals surface area contributed by atoms with Gasteiger partial charge in [-0.05, 0) is 30.7 Å². The lowest BCUT2D eigenvalue weighted by atomic mass is 10.1. The molecule has 0 saturated heterocycles. The van der Waals surface area contributed by atoms with E-state index in [-0.39, 0.29) is 32.2 Å². The van der Waals surface area contributed by atoms with Crippen LogP contribution in [0.2, 0.25) is 10.0 Å². The van der Waals surface area contributed by atoms with E-state index in [9.17, 15) is 14.2 Å². The Bertz CT molecular complexity index is 1120. The Morgan fingerprint density at radius 3 is 2.07 bits per heavy atom. The highest BCUT2D eigenvalue weighted by molar-refractivity contribution is 8.01. The predicted octanol–water partition coefficient (Wildman–Crippen LogP) is 5.98. The molecule has 4 nitrogen and oxygen atoms in total. The Balaban J connectivity index is 2.36. The number of methoxy groups -OCH3 is 1. The number of carbonyl (C=O) groups is 2. The molecule has 1 unspecified atom stereocenters. The fourth-order valence-electron chi connectivity index (χ4n) is 3.08. The molecule has 3 aromatic carbocycles. The van der Waals surface area contributed by atoms with Gasteiger partial charge in [0.25, 0.3) is 7.14 Å². The van der Waals surface area contributed by atoms with E-state index in [1.807, 2.05) is 0 Å². The molecule has 1 atom stereocenters. The molecule has 29 heavy (non-hydrogen) atoms. The summed E-state index contributed by atoms with van der Waals surface area (Å²) < 4.78 is 19.7. The molecule has 0 aliphatic rings. The first-order chi connectivity index (χ1) is 13.8. The molecule has 0 fully saturated rings. The number of hydrogen-bond donors (Lipinski definition) is 0. The first-order valence-electron chi connectivity index (χ1n) is 8.65. The van der Waals surface area contributed by atoms with Gasteiger partial charge in [0.05, 0.1) is 22.5 Å². The van der Waals surface area contributed by atoms with Crippen LogP contribution in [0.4, 0.5) is 0 Å². The van der Waals surface area contributed by atoms with Gasteiger partial charge in [0, 0.05) is 11.1 Å². The second-order valence-corrected chi connectivity index (χ2v) is 9.60. The fraction of sp³-hybridized carbons (Fsp3) is 0.0909. The summed E-state index contributed by atoms with van der Waals surface area (Å²) in [6.45, 7) is 1.67. The molecule has 0 aromatic heterocycles. The van der Waals surface area contributed by atoms with Gasteiger partial charge >= 0.3 is 0 Å². The van der Waals surface area contributed by atoms with Gasteiger partial charge in [-0.2, -0.15) is 0 Å². The predicted molar refractivity (Wildman–Crippen MR) is 117 cm³/mol. The molecule has 0 amide bonds. The lowest BCUT2D eigenvalue weighted by molar-refractivity contribution is 0.104. The monoisotopic (exact) mass is 446 g/mol. The van der Waals surface area contributed by atoms with Crippen LogP contribution in [-0.2, 0) is 4.57 Å². The maximum absolute atomic E-state index is 14.4. The first-order valence-corrected chi connectivity index (χ1v) is 11.1. The van der Waals surface area contributed by atoms with Crippen LogP contribution in [0.1, 0.15) is 26.3 Å². The number of ether oxygens (including phenoxy) is 1. The number of halogens is 2. The fourth-order valence-corrected chi connectivity index (χ4v) is 6.55. The van der Waals surface area contributed by atoms with Crippen LogP contribution < -0.4 is 10.0 Å². The summed E-state index contributed by atoms with van der Waals surface area (Å²) in [5.41, 5.74) is -1.02. The Kier molecular flexibility index (Phi) is 6.28. The summed E-state index contributed by atoms with van der Waals surface area (Å²) in [5, 5.41) is -0.000493. The van der Waals surface area contributed by atoms with Gasteiger partial charge in [-0.15, -0.1) is 0 Å². The minimum atomic E-state index is -4.46. The van der Waals surface area contributed by atoms with E-state index >= 15 is 0 Å². The smallest absolute Gasteiger partial charge is 0.253 e. The van der Waals surface area contributed by atoms with Crippen LogP contribution in [0.15, 0.2) is 66.7 Å². The summed E-state index contributed by atoms with van der Waals surface area (Å²) in [4.78, 5) is 27.1. The lowest BCUT2D eigenvalue weighted by Gasteiger charge is -2.21. The van der Waals surface area contributed by atoms with Crippen LogP contribution >= 0.6 is 30.3 Å². The van der Waals surface area contributed by atoms with Crippen LogP contribution in [0.3, 0.4) is 0 Å². The zero-order valence-corrected chi connectivity index (χ0v) is 18.1. The number of aryl methyl sites for hydroxylation is 1. The Morgan fingerprint density at radius 2 is 1.45 bits per heavy atom. The number of benzene rings is 3. The van der Waals surface area contributed by atoms with E-state index < -0.39 is 18.2 Å². The van der Waals surface area contributed by atoms with Gasteiger partial charge < -0.3 is 9.30 Å². The average Bonchev–Trinajstić information content (AvgIpc) is 2.72. The summed E-state index contributed by atoms with van der Waals surface area (Å²) >= 11 is 12.6. The van der Waals surface area contributed by atoms with Gasteiger partial charge in [0.2, 0.25) is 11.0 Å². The molecular formula is C22H17Cl2O4P. The molecule has 148 valence electrons. The van der Waals surface area contributed by atoms with Gasteiger partial charge in [-0.25, -0.2) is 0 Å². The van der Waals surface area contributed by atoms with Crippen LogP contribution in [-0.4, -0.2) is 18.2 Å². The van der Waals surface area contributed by atoms with Crippen LogP contribution in [0, 0.1) is 6.92 Å². The molecule has 3 aromatic rings. The standard InChI is InChI=1S/C22H17Cl2O4P/c1-14-8-6-11-16(23)19(14)22(26)29(27,21(25)15-9-4-3-5-10-15)20-17(24)12-7-13-18(20)28-2/h3-13H,1-2H3. The molecule has 0 spiro atoms. The lowest BCUT2D eigenvalue weighted by Crippen LogP contribution is -2.23. The normalized spacial score (nSPS) is 12.8.